The lowest BCUT2D eigenvalue weighted by Crippen LogP contribution is -2.35. The smallest absolute Gasteiger partial charge is 0.149 e. The molecule has 1 unspecified atom stereocenters. The van der Waals surface area contributed by atoms with Gasteiger partial charge in [-0.25, -0.2) is 0 Å². The summed E-state index contributed by atoms with van der Waals surface area (Å²) in [5.74, 6) is 0.601. The number of ketones is 1. The summed E-state index contributed by atoms with van der Waals surface area (Å²) in [7, 11) is 0. The second-order valence-corrected chi connectivity index (χ2v) is 5.02. The monoisotopic (exact) mass is 256 g/mol. The summed E-state index contributed by atoms with van der Waals surface area (Å²) in [6.45, 7) is 16.7. The van der Waals surface area contributed by atoms with Crippen LogP contribution in [-0.2, 0) is 4.79 Å². The summed E-state index contributed by atoms with van der Waals surface area (Å²) in [5, 5.41) is 0. The van der Waals surface area contributed by atoms with E-state index in [0.29, 0.717) is 12.3 Å². The zero-order valence-corrected chi connectivity index (χ0v) is 13.0. The molecule has 0 aromatic carbocycles. The van der Waals surface area contributed by atoms with Crippen LogP contribution in [-0.4, -0.2) is 54.9 Å². The Kier molecular flexibility index (Phi) is 10.3. The van der Waals surface area contributed by atoms with E-state index in [4.69, 9.17) is 0 Å². The molecule has 0 heterocycles. The van der Waals surface area contributed by atoms with Crippen molar-refractivity contribution in [1.82, 2.24) is 9.80 Å². The van der Waals surface area contributed by atoms with Gasteiger partial charge in [0, 0.05) is 5.92 Å². The molecule has 0 fully saturated rings. The summed E-state index contributed by atoms with van der Waals surface area (Å²) in [5.41, 5.74) is 0. The number of likely N-dealkylation sites (N-methyl/N-ethyl adjacent to an activating group) is 1. The van der Waals surface area contributed by atoms with Crippen LogP contribution in [0.15, 0.2) is 0 Å². The van der Waals surface area contributed by atoms with Crippen molar-refractivity contribution in [2.75, 3.05) is 39.3 Å². The minimum Gasteiger partial charge on any atom is -0.304 e. The van der Waals surface area contributed by atoms with Gasteiger partial charge in [0.1, 0.15) is 5.78 Å². The van der Waals surface area contributed by atoms with Crippen molar-refractivity contribution in [3.05, 3.63) is 0 Å². The van der Waals surface area contributed by atoms with Gasteiger partial charge in [-0.3, -0.25) is 9.69 Å². The molecule has 0 amide bonds. The molecule has 0 rings (SSSR count). The molecule has 0 saturated carbocycles. The Bertz CT molecular complexity index is 215. The lowest BCUT2D eigenvalue weighted by Gasteiger charge is -2.23. The number of hydrogen-bond donors (Lipinski definition) is 0. The minimum atomic E-state index is 0.210. The number of rotatable bonds is 11. The van der Waals surface area contributed by atoms with Crippen molar-refractivity contribution in [3.63, 3.8) is 0 Å². The molecule has 0 aliphatic rings. The van der Waals surface area contributed by atoms with Crippen LogP contribution in [0.25, 0.3) is 0 Å². The van der Waals surface area contributed by atoms with Gasteiger partial charge in [-0.2, -0.15) is 0 Å². The average molecular weight is 256 g/mol. The fourth-order valence-electron chi connectivity index (χ4n) is 2.01. The number of carbonyl (C=O) groups excluding carboxylic acids is 1. The van der Waals surface area contributed by atoms with Crippen LogP contribution in [0.1, 0.15) is 47.5 Å². The molecule has 0 bridgehead atoms. The Hall–Kier alpha value is -0.410. The fourth-order valence-corrected chi connectivity index (χ4v) is 2.01. The van der Waals surface area contributed by atoms with Crippen LogP contribution in [0.4, 0.5) is 0 Å². The zero-order chi connectivity index (χ0) is 14.0. The Morgan fingerprint density at radius 2 is 1.44 bits per heavy atom. The number of carbonyl (C=O) groups is 1. The first-order chi connectivity index (χ1) is 8.58. The highest BCUT2D eigenvalue weighted by Crippen LogP contribution is 2.04. The van der Waals surface area contributed by atoms with Crippen molar-refractivity contribution >= 4 is 5.78 Å². The van der Waals surface area contributed by atoms with Gasteiger partial charge >= 0.3 is 0 Å². The molecule has 0 radical (unpaired) electrons. The zero-order valence-electron chi connectivity index (χ0n) is 13.0. The number of hydrogen-bond acceptors (Lipinski definition) is 3. The third-order valence-electron chi connectivity index (χ3n) is 3.83. The molecule has 0 aliphatic heterocycles. The van der Waals surface area contributed by atoms with Gasteiger partial charge in [0.25, 0.3) is 0 Å². The molecular weight excluding hydrogens is 224 g/mol. The van der Waals surface area contributed by atoms with Crippen LogP contribution >= 0.6 is 0 Å². The van der Waals surface area contributed by atoms with Gasteiger partial charge in [0.05, 0.1) is 6.54 Å². The summed E-state index contributed by atoms with van der Waals surface area (Å²) >= 11 is 0. The SMILES string of the molecule is CCC(C)C(=O)CN(CC)CCCN(CC)CC. The van der Waals surface area contributed by atoms with E-state index in [2.05, 4.69) is 37.5 Å². The van der Waals surface area contributed by atoms with E-state index in [1.807, 2.05) is 6.92 Å². The summed E-state index contributed by atoms with van der Waals surface area (Å²) < 4.78 is 0. The second-order valence-electron chi connectivity index (χ2n) is 5.02. The van der Waals surface area contributed by atoms with E-state index in [0.717, 1.165) is 45.6 Å². The molecule has 108 valence electrons. The van der Waals surface area contributed by atoms with Gasteiger partial charge in [-0.1, -0.05) is 34.6 Å². The molecule has 18 heavy (non-hydrogen) atoms. The first kappa shape index (κ1) is 17.6. The molecule has 1 atom stereocenters. The van der Waals surface area contributed by atoms with Gasteiger partial charge in [0.15, 0.2) is 0 Å². The largest absolute Gasteiger partial charge is 0.304 e. The molecule has 3 heteroatoms. The Morgan fingerprint density at radius 3 is 1.89 bits per heavy atom. The van der Waals surface area contributed by atoms with Crippen LogP contribution in [0.2, 0.25) is 0 Å². The van der Waals surface area contributed by atoms with Crippen LogP contribution in [0, 0.1) is 5.92 Å². The van der Waals surface area contributed by atoms with E-state index < -0.39 is 0 Å². The highest BCUT2D eigenvalue weighted by atomic mass is 16.1. The average Bonchev–Trinajstić information content (AvgIpc) is 2.40. The first-order valence-corrected chi connectivity index (χ1v) is 7.56. The molecule has 0 aromatic heterocycles. The van der Waals surface area contributed by atoms with Gasteiger partial charge < -0.3 is 4.90 Å². The van der Waals surface area contributed by atoms with Crippen molar-refractivity contribution in [3.8, 4) is 0 Å². The summed E-state index contributed by atoms with van der Waals surface area (Å²) in [4.78, 5) is 16.6. The third kappa shape index (κ3) is 7.12. The maximum Gasteiger partial charge on any atom is 0.149 e. The van der Waals surface area contributed by atoms with E-state index in [9.17, 15) is 4.79 Å². The maximum absolute atomic E-state index is 11.9. The predicted molar refractivity (Wildman–Crippen MR) is 79.0 cm³/mol. The predicted octanol–water partition coefficient (Wildman–Crippen LogP) is 2.66. The minimum absolute atomic E-state index is 0.210. The summed E-state index contributed by atoms with van der Waals surface area (Å²) in [6, 6.07) is 0. The topological polar surface area (TPSA) is 23.6 Å². The molecule has 0 N–H and O–H groups in total. The molecule has 0 spiro atoms. The normalized spacial score (nSPS) is 13.3. The van der Waals surface area contributed by atoms with E-state index in [-0.39, 0.29) is 5.92 Å². The first-order valence-electron chi connectivity index (χ1n) is 7.56. The van der Waals surface area contributed by atoms with Crippen molar-refractivity contribution < 1.29 is 4.79 Å². The van der Waals surface area contributed by atoms with Gasteiger partial charge in [0.2, 0.25) is 0 Å². The van der Waals surface area contributed by atoms with Crippen molar-refractivity contribution in [1.29, 1.82) is 0 Å². The maximum atomic E-state index is 11.9. The van der Waals surface area contributed by atoms with Crippen molar-refractivity contribution in [2.45, 2.75) is 47.5 Å². The van der Waals surface area contributed by atoms with Crippen LogP contribution in [0.3, 0.4) is 0 Å². The molecular formula is C15H32N2O. The Labute approximate surface area is 114 Å². The molecule has 0 aromatic rings. The molecule has 0 aliphatic carbocycles. The highest BCUT2D eigenvalue weighted by molar-refractivity contribution is 5.82. The molecule has 0 saturated heterocycles. The fraction of sp³-hybridized carbons (Fsp3) is 0.933. The standard InChI is InChI=1S/C15H32N2O/c1-6-14(5)15(18)13-17(9-4)12-10-11-16(7-2)8-3/h14H,6-13H2,1-5H3. The Balaban J connectivity index is 3.93. The lowest BCUT2D eigenvalue weighted by atomic mass is 10.0. The highest BCUT2D eigenvalue weighted by Gasteiger charge is 2.14. The van der Waals surface area contributed by atoms with E-state index in [1.54, 1.807) is 0 Å². The lowest BCUT2D eigenvalue weighted by molar-refractivity contribution is -0.123. The van der Waals surface area contributed by atoms with Crippen LogP contribution in [0.5, 0.6) is 0 Å². The van der Waals surface area contributed by atoms with Gasteiger partial charge in [-0.15, -0.1) is 0 Å². The second kappa shape index (κ2) is 10.5. The van der Waals surface area contributed by atoms with Gasteiger partial charge in [-0.05, 0) is 45.6 Å². The number of nitrogens with zero attached hydrogens (tertiary/aromatic N) is 2. The molecule has 3 nitrogen and oxygen atoms in total. The van der Waals surface area contributed by atoms with E-state index >= 15 is 0 Å². The van der Waals surface area contributed by atoms with Crippen molar-refractivity contribution in [2.24, 2.45) is 5.92 Å². The quantitative estimate of drug-likeness (QED) is 0.568. The van der Waals surface area contributed by atoms with Crippen LogP contribution < -0.4 is 0 Å². The third-order valence-corrected chi connectivity index (χ3v) is 3.83. The number of Topliss-reactive ketones (excluding diaryl/α,β-unsaturated/α-hetero) is 1. The summed E-state index contributed by atoms with van der Waals surface area (Å²) in [6.07, 6.45) is 2.11. The van der Waals surface area contributed by atoms with E-state index in [1.165, 1.54) is 0 Å². The Morgan fingerprint density at radius 1 is 0.944 bits per heavy atom.